The topological polar surface area (TPSA) is 100 Å². The molecule has 9 heteroatoms. The van der Waals surface area contributed by atoms with Crippen LogP contribution in [-0.2, 0) is 13.6 Å². The molecule has 4 heterocycles. The van der Waals surface area contributed by atoms with Gasteiger partial charge in [-0.05, 0) is 49.9 Å². The first-order valence-corrected chi connectivity index (χ1v) is 12.1. The van der Waals surface area contributed by atoms with Crippen molar-refractivity contribution in [2.45, 2.75) is 38.4 Å². The van der Waals surface area contributed by atoms with Crippen LogP contribution in [0.25, 0.3) is 33.6 Å². The highest BCUT2D eigenvalue weighted by molar-refractivity contribution is 6.00. The van der Waals surface area contributed by atoms with Crippen LogP contribution in [-0.4, -0.2) is 62.8 Å². The maximum absolute atomic E-state index is 13.5. The van der Waals surface area contributed by atoms with E-state index in [1.54, 1.807) is 14.2 Å². The Hall–Kier alpha value is -3.59. The molecule has 1 aliphatic heterocycles. The van der Waals surface area contributed by atoms with E-state index in [4.69, 9.17) is 20.2 Å². The predicted octanol–water partition coefficient (Wildman–Crippen LogP) is 3.19. The summed E-state index contributed by atoms with van der Waals surface area (Å²) in [6.45, 7) is 3.53. The van der Waals surface area contributed by atoms with Crippen molar-refractivity contribution in [1.82, 2.24) is 24.0 Å². The lowest BCUT2D eigenvalue weighted by Gasteiger charge is -2.27. The molecule has 1 saturated carbocycles. The fraction of sp³-hybridized carbons (Fsp3) is 0.423. The molecule has 9 nitrogen and oxygen atoms in total. The summed E-state index contributed by atoms with van der Waals surface area (Å²) in [5.74, 6) is 2.38. The number of nitrogens with zero attached hydrogens (tertiary/aromatic N) is 5. The number of hydrogen-bond acceptors (Lipinski definition) is 6. The highest BCUT2D eigenvalue weighted by Gasteiger charge is 2.47. The van der Waals surface area contributed by atoms with Crippen LogP contribution in [0.3, 0.4) is 0 Å². The molecule has 0 radical (unpaired) electrons. The molecule has 4 aromatic rings. The Morgan fingerprint density at radius 1 is 1.14 bits per heavy atom. The molecule has 1 saturated heterocycles. The summed E-state index contributed by atoms with van der Waals surface area (Å²) in [4.78, 5) is 25.1. The van der Waals surface area contributed by atoms with E-state index in [-0.39, 0.29) is 18.0 Å². The number of fused-ring (bicyclic) bond motifs is 4. The van der Waals surface area contributed by atoms with Gasteiger partial charge in [-0.1, -0.05) is 0 Å². The summed E-state index contributed by atoms with van der Waals surface area (Å²) in [6, 6.07) is 9.86. The predicted molar refractivity (Wildman–Crippen MR) is 134 cm³/mol. The minimum atomic E-state index is -0.000908. The number of amides is 1. The van der Waals surface area contributed by atoms with Crippen LogP contribution >= 0.6 is 0 Å². The number of carbonyl (C=O) groups excluding carboxylic acids is 1. The molecule has 6 rings (SSSR count). The summed E-state index contributed by atoms with van der Waals surface area (Å²) in [6.07, 6.45) is 2.08. The molecule has 2 aliphatic rings. The zero-order valence-corrected chi connectivity index (χ0v) is 20.5. The van der Waals surface area contributed by atoms with Gasteiger partial charge in [0.1, 0.15) is 16.9 Å². The molecule has 0 spiro atoms. The van der Waals surface area contributed by atoms with Gasteiger partial charge in [-0.3, -0.25) is 4.79 Å². The first kappa shape index (κ1) is 21.9. The van der Waals surface area contributed by atoms with Gasteiger partial charge in [0, 0.05) is 49.2 Å². The monoisotopic (exact) mass is 474 g/mol. The highest BCUT2D eigenvalue weighted by atomic mass is 16.5. The zero-order valence-electron chi connectivity index (χ0n) is 20.5. The fourth-order valence-electron chi connectivity index (χ4n) is 6.00. The van der Waals surface area contributed by atoms with E-state index < -0.39 is 0 Å². The van der Waals surface area contributed by atoms with Crippen molar-refractivity contribution in [1.29, 1.82) is 0 Å². The van der Waals surface area contributed by atoms with Crippen LogP contribution in [0.15, 0.2) is 30.3 Å². The third-order valence-electron chi connectivity index (χ3n) is 7.79. The minimum absolute atomic E-state index is 0.000908. The molecule has 182 valence electrons. The fourth-order valence-corrected chi connectivity index (χ4v) is 6.00. The Morgan fingerprint density at radius 3 is 2.63 bits per heavy atom. The smallest absolute Gasteiger partial charge is 0.254 e. The normalized spacial score (nSPS) is 21.4. The van der Waals surface area contributed by atoms with Crippen LogP contribution in [0.2, 0.25) is 0 Å². The molecule has 2 bridgehead atoms. The number of aryl methyl sites for hydroxylation is 2. The standard InChI is InChI=1S/C26H30N6O3/c1-5-31-19(11-14-7-9-21(35-4)29-24(14)31)25-28-17-10-16(12-20(34-3)23(17)30(25)2)26(33)32-13-15-6-8-18(32)22(15)27/h7,9-12,15,18,22H,5-6,8,13,27H2,1-4H3. The third-order valence-corrected chi connectivity index (χ3v) is 7.79. The Kier molecular flexibility index (Phi) is 5.00. The number of imidazole rings is 1. The second kappa shape index (κ2) is 7.98. The lowest BCUT2D eigenvalue weighted by Crippen LogP contribution is -2.41. The van der Waals surface area contributed by atoms with Gasteiger partial charge >= 0.3 is 0 Å². The largest absolute Gasteiger partial charge is 0.494 e. The molecule has 3 atom stereocenters. The summed E-state index contributed by atoms with van der Waals surface area (Å²) in [5, 5.41) is 1.01. The van der Waals surface area contributed by atoms with E-state index in [0.717, 1.165) is 59.5 Å². The average molecular weight is 475 g/mol. The third kappa shape index (κ3) is 3.14. The molecule has 3 unspecified atom stereocenters. The summed E-state index contributed by atoms with van der Waals surface area (Å²) >= 11 is 0. The molecule has 1 aromatic carbocycles. The summed E-state index contributed by atoms with van der Waals surface area (Å²) in [7, 11) is 5.22. The number of methoxy groups -OCH3 is 2. The van der Waals surface area contributed by atoms with Crippen molar-refractivity contribution in [2.24, 2.45) is 18.7 Å². The number of hydrogen-bond donors (Lipinski definition) is 1. The Bertz CT molecular complexity index is 1470. The van der Waals surface area contributed by atoms with E-state index >= 15 is 0 Å². The number of likely N-dealkylation sites (tertiary alicyclic amines) is 1. The van der Waals surface area contributed by atoms with Crippen molar-refractivity contribution in [3.63, 3.8) is 0 Å². The van der Waals surface area contributed by atoms with E-state index in [9.17, 15) is 4.79 Å². The summed E-state index contributed by atoms with van der Waals surface area (Å²) < 4.78 is 15.2. The molecule has 2 fully saturated rings. The minimum Gasteiger partial charge on any atom is -0.494 e. The molecule has 1 amide bonds. The Morgan fingerprint density at radius 2 is 1.97 bits per heavy atom. The number of pyridine rings is 1. The number of aromatic nitrogens is 4. The number of ether oxygens (including phenoxy) is 2. The lowest BCUT2D eigenvalue weighted by atomic mass is 10.1. The highest BCUT2D eigenvalue weighted by Crippen LogP contribution is 2.39. The van der Waals surface area contributed by atoms with E-state index in [1.807, 2.05) is 40.8 Å². The van der Waals surface area contributed by atoms with Gasteiger partial charge in [0.15, 0.2) is 5.82 Å². The second-order valence-corrected chi connectivity index (χ2v) is 9.52. The van der Waals surface area contributed by atoms with Crippen LogP contribution in [0, 0.1) is 5.92 Å². The van der Waals surface area contributed by atoms with Crippen LogP contribution in [0.4, 0.5) is 0 Å². The second-order valence-electron chi connectivity index (χ2n) is 9.52. The zero-order chi connectivity index (χ0) is 24.4. The van der Waals surface area contributed by atoms with Gasteiger partial charge in [0.25, 0.3) is 5.91 Å². The maximum Gasteiger partial charge on any atom is 0.254 e. The number of nitrogens with two attached hydrogens (primary N) is 1. The van der Waals surface area contributed by atoms with Crippen molar-refractivity contribution >= 4 is 28.0 Å². The van der Waals surface area contributed by atoms with E-state index in [0.29, 0.717) is 23.1 Å². The van der Waals surface area contributed by atoms with Gasteiger partial charge in [0.05, 0.1) is 25.4 Å². The number of benzene rings is 1. The number of rotatable bonds is 5. The molecule has 35 heavy (non-hydrogen) atoms. The van der Waals surface area contributed by atoms with Crippen molar-refractivity contribution in [2.75, 3.05) is 20.8 Å². The van der Waals surface area contributed by atoms with Gasteiger partial charge in [0.2, 0.25) is 5.88 Å². The van der Waals surface area contributed by atoms with Gasteiger partial charge < -0.3 is 29.2 Å². The van der Waals surface area contributed by atoms with Crippen molar-refractivity contribution in [3.8, 4) is 23.1 Å². The van der Waals surface area contributed by atoms with E-state index in [1.165, 1.54) is 0 Å². The molecular weight excluding hydrogens is 444 g/mol. The Labute approximate surface area is 203 Å². The molecular formula is C26H30N6O3. The van der Waals surface area contributed by atoms with Crippen LogP contribution in [0.1, 0.15) is 30.1 Å². The average Bonchev–Trinajstić information content (AvgIpc) is 3.61. The summed E-state index contributed by atoms with van der Waals surface area (Å²) in [5.41, 5.74) is 10.3. The first-order valence-electron chi connectivity index (χ1n) is 12.1. The molecule has 2 N–H and O–H groups in total. The first-order chi connectivity index (χ1) is 16.9. The van der Waals surface area contributed by atoms with Gasteiger partial charge in [-0.15, -0.1) is 0 Å². The van der Waals surface area contributed by atoms with Crippen LogP contribution in [0.5, 0.6) is 11.6 Å². The lowest BCUT2D eigenvalue weighted by molar-refractivity contribution is 0.0700. The SMILES string of the molecule is CCn1c(-c2nc3cc(C(=O)N4CC5CCC4C5N)cc(OC)c3n2C)cc2ccc(OC)nc21. The molecule has 3 aromatic heterocycles. The Balaban J connectivity index is 1.47. The van der Waals surface area contributed by atoms with Gasteiger partial charge in [-0.25, -0.2) is 4.98 Å². The van der Waals surface area contributed by atoms with Crippen LogP contribution < -0.4 is 15.2 Å². The van der Waals surface area contributed by atoms with Crippen molar-refractivity contribution < 1.29 is 14.3 Å². The number of carbonyl (C=O) groups is 1. The maximum atomic E-state index is 13.5. The molecule has 1 aliphatic carbocycles. The van der Waals surface area contributed by atoms with Crippen molar-refractivity contribution in [3.05, 3.63) is 35.9 Å². The quantitative estimate of drug-likeness (QED) is 0.477. The van der Waals surface area contributed by atoms with E-state index in [2.05, 4.69) is 22.5 Å². The van der Waals surface area contributed by atoms with Gasteiger partial charge in [-0.2, -0.15) is 4.98 Å². The number of piperidine rings is 1.